The van der Waals surface area contributed by atoms with Gasteiger partial charge in [0, 0.05) is 23.1 Å². The molecule has 1 aromatic heterocycles. The average molecular weight is 404 g/mol. The molecule has 0 fully saturated rings. The maximum absolute atomic E-state index is 12.2. The van der Waals surface area contributed by atoms with Gasteiger partial charge in [-0.2, -0.15) is 0 Å². The van der Waals surface area contributed by atoms with E-state index in [2.05, 4.69) is 5.16 Å². The van der Waals surface area contributed by atoms with E-state index in [1.165, 1.54) is 12.1 Å². The van der Waals surface area contributed by atoms with Gasteiger partial charge in [-0.15, -0.1) is 0 Å². The molecule has 0 spiro atoms. The lowest BCUT2D eigenvalue weighted by Crippen LogP contribution is -2.06. The third-order valence-electron chi connectivity index (χ3n) is 4.24. The summed E-state index contributed by atoms with van der Waals surface area (Å²) >= 11 is 11.8. The van der Waals surface area contributed by atoms with Gasteiger partial charge in [0.05, 0.1) is 10.6 Å². The van der Waals surface area contributed by atoms with Crippen LogP contribution in [0.3, 0.4) is 0 Å². The number of halogens is 2. The number of nitrogens with zero attached hydrogens (tertiary/aromatic N) is 1. The SMILES string of the molecule is CC1Cc2cc(-c3cc(COC(=O)c4ccc(Cl)cc4Cl)no3)ccc2O1. The molecule has 0 radical (unpaired) electrons. The molecule has 1 aliphatic rings. The molecular formula is C20H15Cl2NO4. The van der Waals surface area contributed by atoms with Crippen LogP contribution in [0.25, 0.3) is 11.3 Å². The lowest BCUT2D eigenvalue weighted by Gasteiger charge is -2.04. The minimum absolute atomic E-state index is 0.0215. The molecule has 1 aliphatic heterocycles. The number of benzene rings is 2. The molecular weight excluding hydrogens is 389 g/mol. The minimum atomic E-state index is -0.551. The highest BCUT2D eigenvalue weighted by atomic mass is 35.5. The van der Waals surface area contributed by atoms with Crippen molar-refractivity contribution in [3.05, 3.63) is 69.3 Å². The summed E-state index contributed by atoms with van der Waals surface area (Å²) in [6.45, 7) is 2.01. The summed E-state index contributed by atoms with van der Waals surface area (Å²) in [5.74, 6) is 0.956. The average Bonchev–Trinajstić information content (AvgIpc) is 3.24. The van der Waals surface area contributed by atoms with E-state index in [4.69, 9.17) is 37.2 Å². The van der Waals surface area contributed by atoms with Crippen LogP contribution < -0.4 is 4.74 Å². The molecule has 0 N–H and O–H groups in total. The zero-order valence-corrected chi connectivity index (χ0v) is 15.9. The lowest BCUT2D eigenvalue weighted by molar-refractivity contribution is 0.0464. The van der Waals surface area contributed by atoms with Crippen LogP contribution >= 0.6 is 23.2 Å². The van der Waals surface area contributed by atoms with E-state index < -0.39 is 5.97 Å². The van der Waals surface area contributed by atoms with Crippen LogP contribution in [0.5, 0.6) is 5.75 Å². The first-order valence-corrected chi connectivity index (χ1v) is 9.13. The topological polar surface area (TPSA) is 61.6 Å². The number of hydrogen-bond acceptors (Lipinski definition) is 5. The molecule has 5 nitrogen and oxygen atoms in total. The Morgan fingerprint density at radius 2 is 2.07 bits per heavy atom. The maximum atomic E-state index is 12.2. The molecule has 3 aromatic rings. The van der Waals surface area contributed by atoms with E-state index in [1.54, 1.807) is 12.1 Å². The van der Waals surface area contributed by atoms with Crippen molar-refractivity contribution < 1.29 is 18.8 Å². The number of carbonyl (C=O) groups excluding carboxylic acids is 1. The summed E-state index contributed by atoms with van der Waals surface area (Å²) in [5.41, 5.74) is 2.80. The summed E-state index contributed by atoms with van der Waals surface area (Å²) in [5, 5.41) is 4.66. The molecule has 0 aliphatic carbocycles. The van der Waals surface area contributed by atoms with Gasteiger partial charge in [0.1, 0.15) is 24.2 Å². The molecule has 4 rings (SSSR count). The second-order valence-electron chi connectivity index (χ2n) is 6.34. The fourth-order valence-electron chi connectivity index (χ4n) is 2.96. The molecule has 7 heteroatoms. The van der Waals surface area contributed by atoms with Crippen molar-refractivity contribution in [2.24, 2.45) is 0 Å². The summed E-state index contributed by atoms with van der Waals surface area (Å²) in [6, 6.07) is 12.2. The Morgan fingerprint density at radius 3 is 2.89 bits per heavy atom. The van der Waals surface area contributed by atoms with Crippen LogP contribution in [-0.4, -0.2) is 17.2 Å². The number of carbonyl (C=O) groups is 1. The van der Waals surface area contributed by atoms with Crippen molar-refractivity contribution >= 4 is 29.2 Å². The Morgan fingerprint density at radius 1 is 1.22 bits per heavy atom. The third kappa shape index (κ3) is 3.80. The number of esters is 1. The smallest absolute Gasteiger partial charge is 0.340 e. The lowest BCUT2D eigenvalue weighted by atomic mass is 10.1. The Kier molecular flexibility index (Phi) is 4.81. The minimum Gasteiger partial charge on any atom is -0.490 e. The van der Waals surface area contributed by atoms with Crippen LogP contribution in [0.1, 0.15) is 28.5 Å². The number of aromatic nitrogens is 1. The standard InChI is InChI=1S/C20H15Cl2NO4/c1-11-6-13-7-12(2-5-18(13)26-11)19-9-15(23-27-19)10-25-20(24)16-4-3-14(21)8-17(16)22/h2-5,7-9,11H,6,10H2,1H3. The first-order chi connectivity index (χ1) is 13.0. The van der Waals surface area contributed by atoms with E-state index in [-0.39, 0.29) is 23.3 Å². The van der Waals surface area contributed by atoms with E-state index in [0.717, 1.165) is 23.3 Å². The van der Waals surface area contributed by atoms with Crippen molar-refractivity contribution in [1.82, 2.24) is 5.16 Å². The Hall–Kier alpha value is -2.50. The van der Waals surface area contributed by atoms with Crippen molar-refractivity contribution in [3.8, 4) is 17.1 Å². The van der Waals surface area contributed by atoms with Gasteiger partial charge in [-0.3, -0.25) is 0 Å². The van der Waals surface area contributed by atoms with Gasteiger partial charge < -0.3 is 14.0 Å². The largest absolute Gasteiger partial charge is 0.490 e. The molecule has 2 heterocycles. The molecule has 138 valence electrons. The van der Waals surface area contributed by atoms with Crippen LogP contribution in [0.4, 0.5) is 0 Å². The molecule has 0 bridgehead atoms. The monoisotopic (exact) mass is 403 g/mol. The summed E-state index contributed by atoms with van der Waals surface area (Å²) in [6.07, 6.45) is 1.04. The summed E-state index contributed by atoms with van der Waals surface area (Å²) in [7, 11) is 0. The number of rotatable bonds is 4. The van der Waals surface area contributed by atoms with Gasteiger partial charge in [0.15, 0.2) is 5.76 Å². The zero-order chi connectivity index (χ0) is 19.0. The van der Waals surface area contributed by atoms with Gasteiger partial charge in [0.25, 0.3) is 0 Å². The highest BCUT2D eigenvalue weighted by molar-refractivity contribution is 6.36. The van der Waals surface area contributed by atoms with Gasteiger partial charge in [-0.25, -0.2) is 4.79 Å². The quantitative estimate of drug-likeness (QED) is 0.550. The molecule has 1 atom stereocenters. The first kappa shape index (κ1) is 17.9. The predicted octanol–water partition coefficient (Wildman–Crippen LogP) is 5.33. The van der Waals surface area contributed by atoms with Gasteiger partial charge in [0.2, 0.25) is 0 Å². The van der Waals surface area contributed by atoms with E-state index in [1.807, 2.05) is 25.1 Å². The fraction of sp³-hybridized carbons (Fsp3) is 0.200. The summed E-state index contributed by atoms with van der Waals surface area (Å²) in [4.78, 5) is 12.2. The zero-order valence-electron chi connectivity index (χ0n) is 14.4. The van der Waals surface area contributed by atoms with Crippen LogP contribution in [0, 0.1) is 0 Å². The molecule has 0 saturated heterocycles. The van der Waals surface area contributed by atoms with Crippen molar-refractivity contribution in [3.63, 3.8) is 0 Å². The van der Waals surface area contributed by atoms with Crippen LogP contribution in [0.15, 0.2) is 47.0 Å². The van der Waals surface area contributed by atoms with E-state index >= 15 is 0 Å². The highest BCUT2D eigenvalue weighted by Crippen LogP contribution is 2.33. The Balaban J connectivity index is 1.44. The van der Waals surface area contributed by atoms with Gasteiger partial charge in [-0.05, 0) is 48.9 Å². The molecule has 0 saturated carbocycles. The van der Waals surface area contributed by atoms with Crippen LogP contribution in [0.2, 0.25) is 10.0 Å². The number of ether oxygens (including phenoxy) is 2. The highest BCUT2D eigenvalue weighted by Gasteiger charge is 2.20. The normalized spacial score (nSPS) is 15.3. The number of fused-ring (bicyclic) bond motifs is 1. The number of hydrogen-bond donors (Lipinski definition) is 0. The first-order valence-electron chi connectivity index (χ1n) is 8.37. The van der Waals surface area contributed by atoms with Crippen LogP contribution in [-0.2, 0) is 17.8 Å². The predicted molar refractivity (Wildman–Crippen MR) is 101 cm³/mol. The molecule has 2 aromatic carbocycles. The Bertz CT molecular complexity index is 1010. The van der Waals surface area contributed by atoms with Gasteiger partial charge >= 0.3 is 5.97 Å². The molecule has 1 unspecified atom stereocenters. The van der Waals surface area contributed by atoms with E-state index in [9.17, 15) is 4.79 Å². The van der Waals surface area contributed by atoms with Gasteiger partial charge in [-0.1, -0.05) is 28.4 Å². The third-order valence-corrected chi connectivity index (χ3v) is 4.79. The van der Waals surface area contributed by atoms with Crippen molar-refractivity contribution in [2.45, 2.75) is 26.1 Å². The molecule has 27 heavy (non-hydrogen) atoms. The second kappa shape index (κ2) is 7.25. The van der Waals surface area contributed by atoms with Crippen molar-refractivity contribution in [2.75, 3.05) is 0 Å². The van der Waals surface area contributed by atoms with E-state index in [0.29, 0.717) is 16.5 Å². The molecule has 0 amide bonds. The second-order valence-corrected chi connectivity index (χ2v) is 7.18. The Labute approximate surface area is 165 Å². The fourth-order valence-corrected chi connectivity index (χ4v) is 3.45. The maximum Gasteiger partial charge on any atom is 0.340 e. The summed E-state index contributed by atoms with van der Waals surface area (Å²) < 4.78 is 16.4. The van der Waals surface area contributed by atoms with Crippen molar-refractivity contribution in [1.29, 1.82) is 0 Å².